The number of pyridine rings is 1. The standard InChI is InChI=1S/C30H29N3O4S/c1-38-18-16-30(29(36)37)25-24(27(34)33(28(25)35)19-23-9-5-6-17-31-23)26(32-30)22-14-12-21(13-15-22)11-10-20-7-3-2-4-8-20/h2-15,17,24-26,32H,16,18-19H2,1H3,(H,36,37)/b11-10+. The van der Waals surface area contributed by atoms with E-state index in [4.69, 9.17) is 0 Å². The molecular weight excluding hydrogens is 498 g/mol. The molecule has 0 saturated carbocycles. The van der Waals surface area contributed by atoms with Crippen molar-refractivity contribution in [1.82, 2.24) is 15.2 Å². The maximum atomic E-state index is 13.7. The molecule has 0 aliphatic carbocycles. The van der Waals surface area contributed by atoms with E-state index in [0.29, 0.717) is 11.4 Å². The number of thioether (sulfide) groups is 1. The van der Waals surface area contributed by atoms with E-state index in [0.717, 1.165) is 16.7 Å². The molecule has 2 saturated heterocycles. The first-order chi connectivity index (χ1) is 18.4. The summed E-state index contributed by atoms with van der Waals surface area (Å²) < 4.78 is 0. The normalized spacial score (nSPS) is 24.8. The van der Waals surface area contributed by atoms with Crippen LogP contribution in [0.5, 0.6) is 0 Å². The van der Waals surface area contributed by atoms with Crippen molar-refractivity contribution in [2.24, 2.45) is 11.8 Å². The van der Waals surface area contributed by atoms with Crippen LogP contribution < -0.4 is 5.32 Å². The Balaban J connectivity index is 1.47. The van der Waals surface area contributed by atoms with Gasteiger partial charge in [-0.05, 0) is 47.3 Å². The fourth-order valence-corrected chi connectivity index (χ4v) is 6.05. The first kappa shape index (κ1) is 25.9. The molecule has 7 nitrogen and oxygen atoms in total. The third-order valence-corrected chi connectivity index (χ3v) is 8.05. The highest BCUT2D eigenvalue weighted by Gasteiger charge is 2.68. The number of carbonyl (C=O) groups is 3. The summed E-state index contributed by atoms with van der Waals surface area (Å²) in [4.78, 5) is 45.6. The zero-order chi connectivity index (χ0) is 26.7. The molecule has 38 heavy (non-hydrogen) atoms. The van der Waals surface area contributed by atoms with Crippen LogP contribution in [-0.4, -0.2) is 50.3 Å². The molecule has 2 N–H and O–H groups in total. The van der Waals surface area contributed by atoms with Gasteiger partial charge in [-0.15, -0.1) is 0 Å². The quantitative estimate of drug-likeness (QED) is 0.317. The summed E-state index contributed by atoms with van der Waals surface area (Å²) in [5, 5.41) is 13.7. The fraction of sp³-hybridized carbons (Fsp3) is 0.267. The molecular formula is C30H29N3O4S. The SMILES string of the molecule is CSCCC1(C(=O)O)NC(c2ccc(/C=C/c3ccccc3)cc2)C2C(=O)N(Cc3ccccn3)C(=O)C21. The van der Waals surface area contributed by atoms with Gasteiger partial charge in [0.15, 0.2) is 0 Å². The van der Waals surface area contributed by atoms with Crippen LogP contribution in [0.3, 0.4) is 0 Å². The maximum Gasteiger partial charge on any atom is 0.324 e. The third-order valence-electron chi connectivity index (χ3n) is 7.44. The number of carbonyl (C=O) groups excluding carboxylic acids is 2. The van der Waals surface area contributed by atoms with E-state index >= 15 is 0 Å². The largest absolute Gasteiger partial charge is 0.480 e. The van der Waals surface area contributed by atoms with E-state index in [9.17, 15) is 19.5 Å². The van der Waals surface area contributed by atoms with Crippen molar-refractivity contribution in [1.29, 1.82) is 0 Å². The number of aliphatic carboxylic acids is 1. The number of aromatic nitrogens is 1. The van der Waals surface area contributed by atoms with E-state index in [2.05, 4.69) is 10.3 Å². The first-order valence-electron chi connectivity index (χ1n) is 12.5. The van der Waals surface area contributed by atoms with Crippen molar-refractivity contribution in [3.8, 4) is 0 Å². The molecule has 5 rings (SSSR count). The molecule has 1 aromatic heterocycles. The second kappa shape index (κ2) is 10.9. The summed E-state index contributed by atoms with van der Waals surface area (Å²) in [5.74, 6) is -3.18. The average molecular weight is 528 g/mol. The number of nitrogens with zero attached hydrogens (tertiary/aromatic N) is 2. The van der Waals surface area contributed by atoms with Gasteiger partial charge in [0.25, 0.3) is 0 Å². The molecule has 4 unspecified atom stereocenters. The van der Waals surface area contributed by atoms with Gasteiger partial charge in [-0.1, -0.05) is 72.8 Å². The zero-order valence-corrected chi connectivity index (χ0v) is 21.8. The minimum Gasteiger partial charge on any atom is -0.480 e. The molecule has 3 aromatic rings. The highest BCUT2D eigenvalue weighted by molar-refractivity contribution is 7.98. The Bertz CT molecular complexity index is 1350. The first-order valence-corrected chi connectivity index (χ1v) is 13.9. The van der Waals surface area contributed by atoms with Gasteiger partial charge in [-0.3, -0.25) is 29.6 Å². The molecule has 3 heterocycles. The van der Waals surface area contributed by atoms with Crippen molar-refractivity contribution in [2.75, 3.05) is 12.0 Å². The monoisotopic (exact) mass is 527 g/mol. The predicted molar refractivity (Wildman–Crippen MR) is 148 cm³/mol. The lowest BCUT2D eigenvalue weighted by atomic mass is 9.78. The van der Waals surface area contributed by atoms with Gasteiger partial charge in [-0.25, -0.2) is 0 Å². The van der Waals surface area contributed by atoms with Crippen molar-refractivity contribution in [2.45, 2.75) is 24.5 Å². The number of likely N-dealkylation sites (tertiary alicyclic amines) is 1. The highest BCUT2D eigenvalue weighted by Crippen LogP contribution is 2.50. The smallest absolute Gasteiger partial charge is 0.324 e. The van der Waals surface area contributed by atoms with Gasteiger partial charge in [0, 0.05) is 12.2 Å². The van der Waals surface area contributed by atoms with Crippen LogP contribution in [-0.2, 0) is 20.9 Å². The van der Waals surface area contributed by atoms with Crippen molar-refractivity contribution >= 4 is 41.7 Å². The van der Waals surface area contributed by atoms with E-state index in [1.54, 1.807) is 24.4 Å². The number of nitrogens with one attached hydrogen (secondary N) is 1. The van der Waals surface area contributed by atoms with Gasteiger partial charge >= 0.3 is 5.97 Å². The lowest BCUT2D eigenvalue weighted by Crippen LogP contribution is -2.56. The second-order valence-electron chi connectivity index (χ2n) is 9.64. The Labute approximate surface area is 226 Å². The minimum absolute atomic E-state index is 0.0275. The van der Waals surface area contributed by atoms with Crippen LogP contribution in [0.4, 0.5) is 0 Å². The zero-order valence-electron chi connectivity index (χ0n) is 21.0. The van der Waals surface area contributed by atoms with Crippen LogP contribution in [0, 0.1) is 11.8 Å². The molecule has 2 aromatic carbocycles. The van der Waals surface area contributed by atoms with E-state index in [1.165, 1.54) is 16.7 Å². The summed E-state index contributed by atoms with van der Waals surface area (Å²) in [7, 11) is 0. The van der Waals surface area contributed by atoms with E-state index < -0.39 is 35.3 Å². The maximum absolute atomic E-state index is 13.7. The Morgan fingerprint density at radius 1 is 1.00 bits per heavy atom. The van der Waals surface area contributed by atoms with Gasteiger partial charge in [0.1, 0.15) is 5.54 Å². The number of hydrogen-bond donors (Lipinski definition) is 2. The van der Waals surface area contributed by atoms with Crippen LogP contribution >= 0.6 is 11.8 Å². The number of amides is 2. The molecule has 0 bridgehead atoms. The summed E-state index contributed by atoms with van der Waals surface area (Å²) in [5.41, 5.74) is 1.89. The number of carboxylic acids is 1. The van der Waals surface area contributed by atoms with Gasteiger partial charge < -0.3 is 5.11 Å². The fourth-order valence-electron chi connectivity index (χ4n) is 5.53. The van der Waals surface area contributed by atoms with Crippen LogP contribution in [0.1, 0.15) is 34.8 Å². The van der Waals surface area contributed by atoms with Crippen molar-refractivity contribution < 1.29 is 19.5 Å². The molecule has 2 aliphatic rings. The van der Waals surface area contributed by atoms with Crippen LogP contribution in [0.2, 0.25) is 0 Å². The number of fused-ring (bicyclic) bond motifs is 1. The molecule has 194 valence electrons. The summed E-state index contributed by atoms with van der Waals surface area (Å²) in [6.45, 7) is 0.0275. The number of hydrogen-bond acceptors (Lipinski definition) is 6. The Morgan fingerprint density at radius 3 is 2.32 bits per heavy atom. The highest BCUT2D eigenvalue weighted by atomic mass is 32.2. The number of imide groups is 1. The van der Waals surface area contributed by atoms with E-state index in [1.807, 2.05) is 73.0 Å². The lowest BCUT2D eigenvalue weighted by Gasteiger charge is -2.31. The Hall–Kier alpha value is -3.75. The van der Waals surface area contributed by atoms with Crippen LogP contribution in [0.15, 0.2) is 79.0 Å². The van der Waals surface area contributed by atoms with Crippen LogP contribution in [0.25, 0.3) is 12.2 Å². The molecule has 2 amide bonds. The number of rotatable bonds is 9. The van der Waals surface area contributed by atoms with Gasteiger partial charge in [0.2, 0.25) is 11.8 Å². The van der Waals surface area contributed by atoms with Crippen molar-refractivity contribution in [3.63, 3.8) is 0 Å². The van der Waals surface area contributed by atoms with Gasteiger partial charge in [-0.2, -0.15) is 11.8 Å². The average Bonchev–Trinajstić information content (AvgIpc) is 3.42. The van der Waals surface area contributed by atoms with E-state index in [-0.39, 0.29) is 18.9 Å². The topological polar surface area (TPSA) is 99.6 Å². The molecule has 4 atom stereocenters. The third kappa shape index (κ3) is 4.77. The predicted octanol–water partition coefficient (Wildman–Crippen LogP) is 4.27. The number of carboxylic acid groups (broad SMARTS) is 1. The molecule has 0 spiro atoms. The van der Waals surface area contributed by atoms with Gasteiger partial charge in [0.05, 0.1) is 24.1 Å². The minimum atomic E-state index is -1.53. The number of benzene rings is 2. The lowest BCUT2D eigenvalue weighted by molar-refractivity contribution is -0.151. The molecule has 0 radical (unpaired) electrons. The Morgan fingerprint density at radius 2 is 1.68 bits per heavy atom. The molecule has 2 fully saturated rings. The summed E-state index contributed by atoms with van der Waals surface area (Å²) in [6.07, 6.45) is 7.76. The molecule has 2 aliphatic heterocycles. The molecule has 8 heteroatoms. The second-order valence-corrected chi connectivity index (χ2v) is 10.6. The summed E-state index contributed by atoms with van der Waals surface area (Å²) in [6, 6.07) is 22.4. The Kier molecular flexibility index (Phi) is 7.44. The summed E-state index contributed by atoms with van der Waals surface area (Å²) >= 11 is 1.52. The van der Waals surface area contributed by atoms with Crippen molar-refractivity contribution in [3.05, 3.63) is 101 Å².